The minimum atomic E-state index is -0.181. The average molecular weight is 427 g/mol. The van der Waals surface area contributed by atoms with Gasteiger partial charge in [-0.1, -0.05) is 30.8 Å². The molecule has 1 fully saturated rings. The van der Waals surface area contributed by atoms with Crippen LogP contribution in [0.3, 0.4) is 0 Å². The van der Waals surface area contributed by atoms with Crippen LogP contribution in [0, 0.1) is 5.41 Å². The zero-order valence-corrected chi connectivity index (χ0v) is 19.0. The van der Waals surface area contributed by atoms with Crippen LogP contribution < -0.4 is 10.1 Å². The summed E-state index contributed by atoms with van der Waals surface area (Å²) in [6, 6.07) is 7.77. The summed E-state index contributed by atoms with van der Waals surface area (Å²) >= 11 is 1.62. The van der Waals surface area contributed by atoms with Crippen LogP contribution >= 0.6 is 11.8 Å². The highest BCUT2D eigenvalue weighted by Gasteiger charge is 2.47. The van der Waals surface area contributed by atoms with Gasteiger partial charge in [-0.2, -0.15) is 0 Å². The van der Waals surface area contributed by atoms with Gasteiger partial charge in [-0.05, 0) is 56.7 Å². The van der Waals surface area contributed by atoms with Crippen molar-refractivity contribution in [1.29, 1.82) is 0 Å². The lowest BCUT2D eigenvalue weighted by Gasteiger charge is -2.15. The van der Waals surface area contributed by atoms with Gasteiger partial charge in [0, 0.05) is 34.6 Å². The lowest BCUT2D eigenvalue weighted by molar-refractivity contribution is -0.121. The molecule has 1 aromatic heterocycles. The number of amides is 1. The molecule has 0 saturated heterocycles. The molecule has 1 amide bonds. The summed E-state index contributed by atoms with van der Waals surface area (Å²) in [5, 5.41) is 6.00. The van der Waals surface area contributed by atoms with Gasteiger partial charge in [0.1, 0.15) is 12.4 Å². The van der Waals surface area contributed by atoms with Crippen LogP contribution in [0.2, 0.25) is 0 Å². The van der Waals surface area contributed by atoms with Crippen LogP contribution in [-0.4, -0.2) is 31.2 Å². The second-order valence-corrected chi connectivity index (χ2v) is 8.35. The summed E-state index contributed by atoms with van der Waals surface area (Å²) in [7, 11) is 1.65. The number of anilines is 1. The lowest BCUT2D eigenvalue weighted by atomic mass is 10.0. The average Bonchev–Trinajstić information content (AvgIpc) is 3.56. The number of hydrogen-bond acceptors (Lipinski definition) is 5. The van der Waals surface area contributed by atoms with Crippen LogP contribution in [0.4, 0.5) is 5.69 Å². The van der Waals surface area contributed by atoms with Crippen molar-refractivity contribution in [2.45, 2.75) is 40.0 Å². The molecule has 1 aromatic carbocycles. The summed E-state index contributed by atoms with van der Waals surface area (Å²) in [6.07, 6.45) is 6.86. The van der Waals surface area contributed by atoms with Crippen molar-refractivity contribution in [3.05, 3.63) is 47.5 Å². The number of nitrogens with one attached hydrogen (secondary N) is 1. The first-order chi connectivity index (χ1) is 14.6. The minimum Gasteiger partial charge on any atom is -0.490 e. The van der Waals surface area contributed by atoms with E-state index in [2.05, 4.69) is 12.2 Å². The largest absolute Gasteiger partial charge is 0.490 e. The molecule has 0 atom stereocenters. The number of pyridine rings is 1. The van der Waals surface area contributed by atoms with E-state index >= 15 is 0 Å². The molecule has 1 N–H and O–H groups in total. The van der Waals surface area contributed by atoms with Gasteiger partial charge in [0.25, 0.3) is 0 Å². The molecule has 30 heavy (non-hydrogen) atoms. The third kappa shape index (κ3) is 5.05. The van der Waals surface area contributed by atoms with Crippen LogP contribution in [0.5, 0.6) is 5.75 Å². The van der Waals surface area contributed by atoms with Gasteiger partial charge in [-0.3, -0.25) is 4.79 Å². The number of hydrogen-bond donors (Lipinski definition) is 1. The van der Waals surface area contributed by atoms with Crippen LogP contribution in [0.15, 0.2) is 41.8 Å². The van der Waals surface area contributed by atoms with Crippen LogP contribution in [-0.2, 0) is 9.53 Å². The van der Waals surface area contributed by atoms with Crippen LogP contribution in [0.25, 0.3) is 15.8 Å². The van der Waals surface area contributed by atoms with Crippen molar-refractivity contribution >= 4 is 39.2 Å². The SMILES string of the molecule is C/C=C\S/C(=C\C)c1cc(OCCOC)c2cc(NC(=O)C3(CC)CC3)ccc2n1. The van der Waals surface area contributed by atoms with E-state index in [1.54, 1.807) is 18.9 Å². The molecule has 2 aromatic rings. The number of aromatic nitrogens is 1. The van der Waals surface area contributed by atoms with E-state index in [1.165, 1.54) is 0 Å². The number of ether oxygens (including phenoxy) is 2. The van der Waals surface area contributed by atoms with Crippen molar-refractivity contribution < 1.29 is 14.3 Å². The fourth-order valence-corrected chi connectivity index (χ4v) is 3.97. The van der Waals surface area contributed by atoms with E-state index in [9.17, 15) is 4.79 Å². The fraction of sp³-hybridized carbons (Fsp3) is 0.417. The molecule has 3 rings (SSSR count). The molecule has 5 nitrogen and oxygen atoms in total. The maximum atomic E-state index is 12.7. The molecule has 0 aliphatic heterocycles. The van der Waals surface area contributed by atoms with E-state index in [0.717, 1.165) is 52.2 Å². The van der Waals surface area contributed by atoms with Crippen molar-refractivity contribution in [2.75, 3.05) is 25.6 Å². The zero-order valence-electron chi connectivity index (χ0n) is 18.2. The molecule has 0 unspecified atom stereocenters. The number of methoxy groups -OCH3 is 1. The molecule has 160 valence electrons. The third-order valence-electron chi connectivity index (χ3n) is 5.43. The number of rotatable bonds is 10. The monoisotopic (exact) mass is 426 g/mol. The summed E-state index contributed by atoms with van der Waals surface area (Å²) in [5.41, 5.74) is 2.28. The predicted molar refractivity (Wildman–Crippen MR) is 126 cm³/mol. The van der Waals surface area contributed by atoms with Crippen molar-refractivity contribution in [1.82, 2.24) is 4.98 Å². The smallest absolute Gasteiger partial charge is 0.230 e. The molecule has 1 aliphatic rings. The molecule has 6 heteroatoms. The molecule has 1 heterocycles. The highest BCUT2D eigenvalue weighted by Crippen LogP contribution is 2.49. The Hall–Kier alpha value is -2.31. The number of carbonyl (C=O) groups is 1. The molecule has 0 bridgehead atoms. The number of fused-ring (bicyclic) bond motifs is 1. The maximum absolute atomic E-state index is 12.7. The fourth-order valence-electron chi connectivity index (χ4n) is 3.33. The first-order valence-corrected chi connectivity index (χ1v) is 11.3. The Morgan fingerprint density at radius 3 is 2.70 bits per heavy atom. The van der Waals surface area contributed by atoms with Gasteiger partial charge in [0.15, 0.2) is 0 Å². The molecule has 0 spiro atoms. The molecule has 1 aliphatic carbocycles. The molecule has 0 radical (unpaired) electrons. The third-order valence-corrected chi connectivity index (χ3v) is 6.54. The standard InChI is InChI=1S/C24H30N2O3S/c1-5-14-30-22(6-2)20-16-21(29-13-12-28-4)18-15-17(8-9-19(18)26-20)25-23(27)24(7-3)10-11-24/h5-6,8-9,14-16H,7,10-13H2,1-4H3,(H,25,27)/b14-5-,22-6-. The van der Waals surface area contributed by atoms with Gasteiger partial charge in [0.05, 0.1) is 17.8 Å². The van der Waals surface area contributed by atoms with Crippen molar-refractivity contribution in [3.63, 3.8) is 0 Å². The van der Waals surface area contributed by atoms with E-state index in [0.29, 0.717) is 13.2 Å². The zero-order chi connectivity index (χ0) is 21.6. The summed E-state index contributed by atoms with van der Waals surface area (Å²) in [5.74, 6) is 0.843. The van der Waals surface area contributed by atoms with Crippen molar-refractivity contribution in [3.8, 4) is 5.75 Å². The Kier molecular flexibility index (Phi) is 7.56. The first kappa shape index (κ1) is 22.4. The van der Waals surface area contributed by atoms with Gasteiger partial charge in [-0.25, -0.2) is 4.98 Å². The highest BCUT2D eigenvalue weighted by molar-refractivity contribution is 8.10. The number of carbonyl (C=O) groups excluding carboxylic acids is 1. The molecule has 1 saturated carbocycles. The molecular weight excluding hydrogens is 396 g/mol. The first-order valence-electron chi connectivity index (χ1n) is 10.4. The van der Waals surface area contributed by atoms with Gasteiger partial charge >= 0.3 is 0 Å². The highest BCUT2D eigenvalue weighted by atomic mass is 32.2. The van der Waals surface area contributed by atoms with Gasteiger partial charge in [-0.15, -0.1) is 0 Å². The Morgan fingerprint density at radius 1 is 1.27 bits per heavy atom. The van der Waals surface area contributed by atoms with E-state index in [4.69, 9.17) is 14.5 Å². The number of nitrogens with zero attached hydrogens (tertiary/aromatic N) is 1. The minimum absolute atomic E-state index is 0.106. The molecular formula is C24H30N2O3S. The van der Waals surface area contributed by atoms with Gasteiger partial charge in [0.2, 0.25) is 5.91 Å². The Labute approximate surface area is 182 Å². The lowest BCUT2D eigenvalue weighted by Crippen LogP contribution is -2.23. The van der Waals surface area contributed by atoms with E-state index < -0.39 is 0 Å². The Morgan fingerprint density at radius 2 is 2.07 bits per heavy atom. The summed E-state index contributed by atoms with van der Waals surface area (Å²) in [6.45, 7) is 7.01. The normalized spacial score (nSPS) is 15.5. The predicted octanol–water partition coefficient (Wildman–Crippen LogP) is 6.02. The Balaban J connectivity index is 1.96. The van der Waals surface area contributed by atoms with Crippen LogP contribution in [0.1, 0.15) is 45.7 Å². The van der Waals surface area contributed by atoms with E-state index in [-0.39, 0.29) is 11.3 Å². The summed E-state index contributed by atoms with van der Waals surface area (Å²) < 4.78 is 11.2. The quantitative estimate of drug-likeness (QED) is 0.471. The Bertz CT molecular complexity index is 964. The topological polar surface area (TPSA) is 60.5 Å². The maximum Gasteiger partial charge on any atom is 0.230 e. The second kappa shape index (κ2) is 10.1. The number of thioether (sulfide) groups is 1. The second-order valence-electron chi connectivity index (χ2n) is 7.41. The van der Waals surface area contributed by atoms with Crippen molar-refractivity contribution in [2.24, 2.45) is 5.41 Å². The number of benzene rings is 1. The summed E-state index contributed by atoms with van der Waals surface area (Å²) in [4.78, 5) is 18.5. The van der Waals surface area contributed by atoms with E-state index in [1.807, 2.05) is 55.7 Å². The number of allylic oxidation sites excluding steroid dienone is 2. The van der Waals surface area contributed by atoms with Gasteiger partial charge < -0.3 is 14.8 Å².